The maximum absolute atomic E-state index is 12.5. The highest BCUT2D eigenvalue weighted by atomic mass is 16.2. The minimum Gasteiger partial charge on any atom is -0.342 e. The van der Waals surface area contributed by atoms with Crippen molar-refractivity contribution in [3.63, 3.8) is 0 Å². The van der Waals surface area contributed by atoms with Crippen LogP contribution in [0.15, 0.2) is 42.5 Å². The second-order valence-corrected chi connectivity index (χ2v) is 6.01. The Morgan fingerprint density at radius 1 is 0.857 bits per heavy atom. The van der Waals surface area contributed by atoms with Crippen LogP contribution in [0.5, 0.6) is 0 Å². The first kappa shape index (κ1) is 14.1. The standard InChI is InChI=1S/C19H23NO/c21-19(20-12-6-2-1-3-7-13-20)15-16-10-11-17-8-4-5-9-18(17)14-16/h4-5,8-11,14H,1-3,6-7,12-13,15H2. The van der Waals surface area contributed by atoms with Crippen LogP contribution in [0.25, 0.3) is 10.8 Å². The van der Waals surface area contributed by atoms with Crippen LogP contribution in [0.1, 0.15) is 37.7 Å². The summed E-state index contributed by atoms with van der Waals surface area (Å²) >= 11 is 0. The SMILES string of the molecule is O=C(Cc1ccc2ccccc2c1)N1CCCCCCC1. The molecule has 2 aromatic rings. The highest BCUT2D eigenvalue weighted by Gasteiger charge is 2.15. The number of hydrogen-bond donors (Lipinski definition) is 0. The van der Waals surface area contributed by atoms with Crippen molar-refractivity contribution in [1.29, 1.82) is 0 Å². The molecule has 1 aliphatic rings. The summed E-state index contributed by atoms with van der Waals surface area (Å²) in [5, 5.41) is 2.45. The van der Waals surface area contributed by atoms with Crippen molar-refractivity contribution in [2.75, 3.05) is 13.1 Å². The molecule has 1 amide bonds. The van der Waals surface area contributed by atoms with Crippen LogP contribution in [-0.4, -0.2) is 23.9 Å². The number of carbonyl (C=O) groups excluding carboxylic acids is 1. The number of amides is 1. The number of rotatable bonds is 2. The summed E-state index contributed by atoms with van der Waals surface area (Å²) in [4.78, 5) is 14.6. The van der Waals surface area contributed by atoms with Crippen molar-refractivity contribution in [3.05, 3.63) is 48.0 Å². The van der Waals surface area contributed by atoms with Gasteiger partial charge in [-0.2, -0.15) is 0 Å². The number of hydrogen-bond acceptors (Lipinski definition) is 1. The van der Waals surface area contributed by atoms with Crippen molar-refractivity contribution in [3.8, 4) is 0 Å². The molecule has 1 saturated heterocycles. The van der Waals surface area contributed by atoms with Gasteiger partial charge >= 0.3 is 0 Å². The molecule has 2 nitrogen and oxygen atoms in total. The predicted molar refractivity (Wildman–Crippen MR) is 87.3 cm³/mol. The van der Waals surface area contributed by atoms with Crippen molar-refractivity contribution in [2.24, 2.45) is 0 Å². The first-order valence-electron chi connectivity index (χ1n) is 8.08. The van der Waals surface area contributed by atoms with Crippen molar-refractivity contribution < 1.29 is 4.79 Å². The van der Waals surface area contributed by atoms with Crippen LogP contribution in [0, 0.1) is 0 Å². The Bertz CT molecular complexity index is 612. The molecule has 2 aromatic carbocycles. The number of nitrogens with zero attached hydrogens (tertiary/aromatic N) is 1. The summed E-state index contributed by atoms with van der Waals surface area (Å²) in [6.45, 7) is 1.87. The van der Waals surface area contributed by atoms with Crippen molar-refractivity contribution in [2.45, 2.75) is 38.5 Å². The molecular formula is C19H23NO. The molecule has 0 atom stereocenters. The topological polar surface area (TPSA) is 20.3 Å². The van der Waals surface area contributed by atoms with E-state index in [0.717, 1.165) is 31.5 Å². The van der Waals surface area contributed by atoms with E-state index in [1.54, 1.807) is 0 Å². The zero-order valence-electron chi connectivity index (χ0n) is 12.6. The highest BCUT2D eigenvalue weighted by Crippen LogP contribution is 2.17. The average molecular weight is 281 g/mol. The van der Waals surface area contributed by atoms with E-state index in [-0.39, 0.29) is 5.91 Å². The van der Waals surface area contributed by atoms with Crippen LogP contribution in [0.2, 0.25) is 0 Å². The van der Waals surface area contributed by atoms with Crippen LogP contribution >= 0.6 is 0 Å². The highest BCUT2D eigenvalue weighted by molar-refractivity contribution is 5.85. The Morgan fingerprint density at radius 3 is 2.29 bits per heavy atom. The Hall–Kier alpha value is -1.83. The number of benzene rings is 2. The summed E-state index contributed by atoms with van der Waals surface area (Å²) in [6.07, 6.45) is 6.70. The molecule has 0 bridgehead atoms. The normalized spacial score (nSPS) is 16.5. The largest absolute Gasteiger partial charge is 0.342 e. The number of carbonyl (C=O) groups is 1. The van der Waals surface area contributed by atoms with Gasteiger partial charge in [0.1, 0.15) is 0 Å². The maximum atomic E-state index is 12.5. The van der Waals surface area contributed by atoms with Gasteiger partial charge in [-0.15, -0.1) is 0 Å². The number of fused-ring (bicyclic) bond motifs is 1. The van der Waals surface area contributed by atoms with Gasteiger partial charge in [-0.05, 0) is 29.2 Å². The molecule has 1 fully saturated rings. The third kappa shape index (κ3) is 3.63. The van der Waals surface area contributed by atoms with E-state index in [4.69, 9.17) is 0 Å². The van der Waals surface area contributed by atoms with E-state index in [0.29, 0.717) is 6.42 Å². The summed E-state index contributed by atoms with van der Waals surface area (Å²) in [5.74, 6) is 0.284. The van der Waals surface area contributed by atoms with Gasteiger partial charge in [-0.3, -0.25) is 4.79 Å². The van der Waals surface area contributed by atoms with Gasteiger partial charge in [-0.25, -0.2) is 0 Å². The third-order valence-corrected chi connectivity index (χ3v) is 4.38. The Balaban J connectivity index is 1.69. The summed E-state index contributed by atoms with van der Waals surface area (Å²) < 4.78 is 0. The van der Waals surface area contributed by atoms with Crippen LogP contribution < -0.4 is 0 Å². The maximum Gasteiger partial charge on any atom is 0.226 e. The van der Waals surface area contributed by atoms with E-state index in [1.165, 1.54) is 30.0 Å². The fourth-order valence-electron chi connectivity index (χ4n) is 3.13. The fraction of sp³-hybridized carbons (Fsp3) is 0.421. The molecule has 0 spiro atoms. The molecule has 0 aliphatic carbocycles. The monoisotopic (exact) mass is 281 g/mol. The van der Waals surface area contributed by atoms with Gasteiger partial charge in [0.15, 0.2) is 0 Å². The minimum atomic E-state index is 0.284. The summed E-state index contributed by atoms with van der Waals surface area (Å²) in [6, 6.07) is 14.7. The molecule has 0 aromatic heterocycles. The zero-order valence-corrected chi connectivity index (χ0v) is 12.6. The van der Waals surface area contributed by atoms with Gasteiger partial charge in [0.2, 0.25) is 5.91 Å². The molecular weight excluding hydrogens is 258 g/mol. The fourth-order valence-corrected chi connectivity index (χ4v) is 3.13. The van der Waals surface area contributed by atoms with Gasteiger partial charge < -0.3 is 4.90 Å². The lowest BCUT2D eigenvalue weighted by Gasteiger charge is -2.25. The number of likely N-dealkylation sites (tertiary alicyclic amines) is 1. The van der Waals surface area contributed by atoms with Crippen LogP contribution in [-0.2, 0) is 11.2 Å². The van der Waals surface area contributed by atoms with E-state index < -0.39 is 0 Å². The van der Waals surface area contributed by atoms with Crippen molar-refractivity contribution >= 4 is 16.7 Å². The summed E-state index contributed by atoms with van der Waals surface area (Å²) in [5.41, 5.74) is 1.13. The average Bonchev–Trinajstić information content (AvgIpc) is 2.46. The smallest absolute Gasteiger partial charge is 0.226 e. The molecule has 0 saturated carbocycles. The van der Waals surface area contributed by atoms with E-state index >= 15 is 0 Å². The second kappa shape index (κ2) is 6.75. The molecule has 110 valence electrons. The van der Waals surface area contributed by atoms with E-state index in [2.05, 4.69) is 35.2 Å². The molecule has 0 N–H and O–H groups in total. The van der Waals surface area contributed by atoms with Crippen molar-refractivity contribution in [1.82, 2.24) is 4.90 Å². The van der Waals surface area contributed by atoms with Gasteiger partial charge in [0.25, 0.3) is 0 Å². The quantitative estimate of drug-likeness (QED) is 0.809. The lowest BCUT2D eigenvalue weighted by molar-refractivity contribution is -0.130. The minimum absolute atomic E-state index is 0.284. The van der Waals surface area contributed by atoms with Gasteiger partial charge in [-0.1, -0.05) is 61.7 Å². The predicted octanol–water partition coefficient (Wildman–Crippen LogP) is 4.18. The third-order valence-electron chi connectivity index (χ3n) is 4.38. The molecule has 21 heavy (non-hydrogen) atoms. The first-order chi connectivity index (χ1) is 10.3. The van der Waals surface area contributed by atoms with Crippen LogP contribution in [0.3, 0.4) is 0 Å². The molecule has 3 rings (SSSR count). The summed E-state index contributed by atoms with van der Waals surface area (Å²) in [7, 11) is 0. The second-order valence-electron chi connectivity index (χ2n) is 6.01. The molecule has 1 heterocycles. The molecule has 2 heteroatoms. The molecule has 0 radical (unpaired) electrons. The Kier molecular flexibility index (Phi) is 4.54. The van der Waals surface area contributed by atoms with Gasteiger partial charge in [0, 0.05) is 13.1 Å². The Labute approximate surface area is 126 Å². The molecule has 1 aliphatic heterocycles. The lowest BCUT2D eigenvalue weighted by Crippen LogP contribution is -2.34. The zero-order chi connectivity index (χ0) is 14.5. The van der Waals surface area contributed by atoms with Gasteiger partial charge in [0.05, 0.1) is 6.42 Å². The van der Waals surface area contributed by atoms with Crippen LogP contribution in [0.4, 0.5) is 0 Å². The first-order valence-corrected chi connectivity index (χ1v) is 8.08. The van der Waals surface area contributed by atoms with E-state index in [9.17, 15) is 4.79 Å². The Morgan fingerprint density at radius 2 is 1.52 bits per heavy atom. The lowest BCUT2D eigenvalue weighted by atomic mass is 10.0. The molecule has 0 unspecified atom stereocenters. The van der Waals surface area contributed by atoms with E-state index in [1.807, 2.05) is 12.1 Å².